The fourth-order valence-electron chi connectivity index (χ4n) is 4.59. The molecule has 214 valence electrons. The molecular weight excluding hydrogens is 546 g/mol. The van der Waals surface area contributed by atoms with Crippen LogP contribution in [0.15, 0.2) is 58.1 Å². The smallest absolute Gasteiger partial charge is 0.335 e. The number of hydrogen-bond donors (Lipinski definition) is 3. The van der Waals surface area contributed by atoms with Crippen LogP contribution in [0.25, 0.3) is 33.7 Å². The fourth-order valence-corrected chi connectivity index (χ4v) is 4.59. The van der Waals surface area contributed by atoms with E-state index in [0.29, 0.717) is 15.7 Å². The highest BCUT2D eigenvalue weighted by Crippen LogP contribution is 2.33. The zero-order valence-corrected chi connectivity index (χ0v) is 21.5. The number of benzene rings is 2. The number of esters is 1. The van der Waals surface area contributed by atoms with Gasteiger partial charge in [-0.1, -0.05) is 0 Å². The molecule has 2 aromatic carbocycles. The summed E-state index contributed by atoms with van der Waals surface area (Å²) in [5, 5.41) is 30.7. The van der Waals surface area contributed by atoms with Gasteiger partial charge in [-0.3, -0.25) is 9.59 Å². The largest absolute Gasteiger partial charge is 0.465 e. The first kappa shape index (κ1) is 28.2. The van der Waals surface area contributed by atoms with Crippen LogP contribution >= 0.6 is 0 Å². The Labute approximate surface area is 229 Å². The highest BCUT2D eigenvalue weighted by atomic mass is 19.1. The lowest BCUT2D eigenvalue weighted by Gasteiger charge is -2.21. The number of ether oxygens (including phenoxy) is 2. The zero-order chi connectivity index (χ0) is 29.4. The minimum absolute atomic E-state index is 0.0280. The number of aliphatic hydroxyl groups is 3. The Morgan fingerprint density at radius 3 is 2.02 bits per heavy atom. The third-order valence-electron chi connectivity index (χ3n) is 6.59. The molecule has 2 aromatic heterocycles. The molecule has 1 aliphatic heterocycles. The van der Waals surface area contributed by atoms with Crippen molar-refractivity contribution in [3.05, 3.63) is 81.0 Å². The van der Waals surface area contributed by atoms with E-state index in [1.54, 1.807) is 0 Å². The van der Waals surface area contributed by atoms with Crippen molar-refractivity contribution in [3.63, 3.8) is 0 Å². The molecule has 3 heterocycles. The normalized spacial score (nSPS) is 20.4. The molecule has 0 bridgehead atoms. The number of aromatic nitrogens is 4. The maximum atomic E-state index is 13.8. The second-order valence-corrected chi connectivity index (χ2v) is 9.18. The molecule has 3 N–H and O–H groups in total. The lowest BCUT2D eigenvalue weighted by molar-refractivity contribution is -0.144. The monoisotopic (exact) mass is 570 g/mol. The quantitative estimate of drug-likeness (QED) is 0.270. The van der Waals surface area contributed by atoms with Crippen LogP contribution in [0.1, 0.15) is 13.2 Å². The summed E-state index contributed by atoms with van der Waals surface area (Å²) in [5.74, 6) is -2.00. The van der Waals surface area contributed by atoms with Gasteiger partial charge in [0.05, 0.1) is 24.6 Å². The van der Waals surface area contributed by atoms with E-state index in [4.69, 9.17) is 9.47 Å². The van der Waals surface area contributed by atoms with E-state index in [9.17, 15) is 38.5 Å². The first-order valence-electron chi connectivity index (χ1n) is 12.5. The van der Waals surface area contributed by atoms with Crippen molar-refractivity contribution in [2.45, 2.75) is 38.0 Å². The summed E-state index contributed by atoms with van der Waals surface area (Å²) < 4.78 is 39.2. The minimum atomic E-state index is -1.76. The molecule has 0 spiro atoms. The van der Waals surface area contributed by atoms with E-state index in [2.05, 4.69) is 9.97 Å². The number of nitrogens with zero attached hydrogens (tertiary/aromatic N) is 4. The number of hydrogen-bond acceptors (Lipinski definition) is 10. The molecular formula is C27H24F2N4O8. The molecule has 12 nitrogen and oxygen atoms in total. The van der Waals surface area contributed by atoms with Gasteiger partial charge in [0.25, 0.3) is 5.56 Å². The number of carbonyl (C=O) groups is 1. The van der Waals surface area contributed by atoms with E-state index in [1.807, 2.05) is 0 Å². The Kier molecular flexibility index (Phi) is 7.73. The van der Waals surface area contributed by atoms with Crippen molar-refractivity contribution in [2.24, 2.45) is 0 Å². The highest BCUT2D eigenvalue weighted by Gasteiger charge is 2.45. The number of aliphatic hydroxyl groups excluding tert-OH is 3. The summed E-state index contributed by atoms with van der Waals surface area (Å²) in [5.41, 5.74) is -2.22. The van der Waals surface area contributed by atoms with Gasteiger partial charge < -0.3 is 24.8 Å². The zero-order valence-electron chi connectivity index (χ0n) is 21.5. The lowest BCUT2D eigenvalue weighted by Crippen LogP contribution is -2.46. The first-order chi connectivity index (χ1) is 19.6. The molecule has 0 unspecified atom stereocenters. The third kappa shape index (κ3) is 5.13. The van der Waals surface area contributed by atoms with Crippen LogP contribution in [-0.2, 0) is 20.8 Å². The Hall–Kier alpha value is -4.37. The molecule has 14 heteroatoms. The summed E-state index contributed by atoms with van der Waals surface area (Å²) in [6.07, 6.45) is -6.31. The SMILES string of the molecule is CCOC(=O)Cn1c(=O)c2nc(-c3ccc(F)cc3)c(-c3ccc(F)cc3)nc2n([C@@H]2O[C@H](CO)[C@@H](O)[C@H]2O)c1=O. The van der Waals surface area contributed by atoms with Crippen molar-refractivity contribution in [1.82, 2.24) is 19.1 Å². The molecule has 4 atom stereocenters. The van der Waals surface area contributed by atoms with Crippen molar-refractivity contribution in [1.29, 1.82) is 0 Å². The van der Waals surface area contributed by atoms with Crippen LogP contribution in [0.3, 0.4) is 0 Å². The standard InChI is InChI=1S/C27H24F2N4O8/c1-2-40-18(35)11-32-25(38)21-24(33(27(32)39)26-23(37)22(36)17(12-34)41-26)31-20(14-5-9-16(29)10-6-14)19(30-21)13-3-7-15(28)8-4-13/h3-10,17,22-23,26,34,36-37H,2,11-12H2,1H3/t17-,22-,23-,26-/m1/s1. The van der Waals surface area contributed by atoms with Gasteiger partial charge in [0, 0.05) is 11.1 Å². The average Bonchev–Trinajstić information content (AvgIpc) is 3.24. The highest BCUT2D eigenvalue weighted by molar-refractivity contribution is 5.84. The Morgan fingerprint density at radius 2 is 1.51 bits per heavy atom. The van der Waals surface area contributed by atoms with Crippen molar-refractivity contribution in [2.75, 3.05) is 13.2 Å². The van der Waals surface area contributed by atoms with Crippen molar-refractivity contribution < 1.29 is 38.4 Å². The van der Waals surface area contributed by atoms with Crippen LogP contribution < -0.4 is 11.2 Å². The van der Waals surface area contributed by atoms with E-state index in [0.717, 1.165) is 28.8 Å². The van der Waals surface area contributed by atoms with Crippen LogP contribution in [0.5, 0.6) is 0 Å². The number of fused-ring (bicyclic) bond motifs is 1. The topological polar surface area (TPSA) is 166 Å². The number of halogens is 2. The van der Waals surface area contributed by atoms with E-state index in [-0.39, 0.29) is 23.6 Å². The second-order valence-electron chi connectivity index (χ2n) is 9.18. The molecule has 1 aliphatic rings. The van der Waals surface area contributed by atoms with Crippen LogP contribution in [-0.4, -0.2) is 71.9 Å². The molecule has 1 fully saturated rings. The Morgan fingerprint density at radius 1 is 0.951 bits per heavy atom. The van der Waals surface area contributed by atoms with E-state index >= 15 is 0 Å². The minimum Gasteiger partial charge on any atom is -0.465 e. The Bertz CT molecular complexity index is 1720. The van der Waals surface area contributed by atoms with Gasteiger partial charge in [0.2, 0.25) is 0 Å². The average molecular weight is 571 g/mol. The summed E-state index contributed by atoms with van der Waals surface area (Å²) in [4.78, 5) is 48.6. The molecule has 41 heavy (non-hydrogen) atoms. The van der Waals surface area contributed by atoms with Crippen LogP contribution in [0, 0.1) is 11.6 Å². The first-order valence-corrected chi connectivity index (χ1v) is 12.5. The van der Waals surface area contributed by atoms with Gasteiger partial charge in [-0.15, -0.1) is 0 Å². The van der Waals surface area contributed by atoms with Gasteiger partial charge in [-0.2, -0.15) is 0 Å². The predicted molar refractivity (Wildman–Crippen MR) is 138 cm³/mol. The maximum absolute atomic E-state index is 13.8. The summed E-state index contributed by atoms with van der Waals surface area (Å²) in [7, 11) is 0. The van der Waals surface area contributed by atoms with Crippen LogP contribution in [0.2, 0.25) is 0 Å². The third-order valence-corrected chi connectivity index (χ3v) is 6.59. The predicted octanol–water partition coefficient (Wildman–Crippen LogP) is 0.740. The number of carbonyl (C=O) groups excluding carboxylic acids is 1. The van der Waals surface area contributed by atoms with E-state index in [1.165, 1.54) is 31.2 Å². The maximum Gasteiger partial charge on any atom is 0.335 e. The molecule has 0 amide bonds. The van der Waals surface area contributed by atoms with Crippen molar-refractivity contribution in [3.8, 4) is 22.5 Å². The molecule has 4 aromatic rings. The van der Waals surface area contributed by atoms with Crippen LogP contribution in [0.4, 0.5) is 8.78 Å². The van der Waals surface area contributed by atoms with Crippen molar-refractivity contribution >= 4 is 17.1 Å². The van der Waals surface area contributed by atoms with Gasteiger partial charge in [-0.05, 0) is 55.5 Å². The summed E-state index contributed by atoms with van der Waals surface area (Å²) in [6.45, 7) is -0.00966. The summed E-state index contributed by atoms with van der Waals surface area (Å²) in [6, 6.07) is 10.2. The van der Waals surface area contributed by atoms with Gasteiger partial charge >= 0.3 is 11.7 Å². The van der Waals surface area contributed by atoms with Gasteiger partial charge in [0.1, 0.15) is 36.5 Å². The molecule has 0 radical (unpaired) electrons. The fraction of sp³-hybridized carbons (Fsp3) is 0.296. The lowest BCUT2D eigenvalue weighted by atomic mass is 10.0. The molecule has 0 saturated carbocycles. The molecule has 1 saturated heterocycles. The summed E-state index contributed by atoms with van der Waals surface area (Å²) >= 11 is 0. The molecule has 5 rings (SSSR count). The molecule has 0 aliphatic carbocycles. The van der Waals surface area contributed by atoms with E-state index < -0.39 is 72.1 Å². The Balaban J connectivity index is 1.87. The van der Waals surface area contributed by atoms with Gasteiger partial charge in [-0.25, -0.2) is 32.7 Å². The second kappa shape index (κ2) is 11.2. The number of rotatable bonds is 7. The van der Waals surface area contributed by atoms with Gasteiger partial charge in [0.15, 0.2) is 17.4 Å².